The van der Waals surface area contributed by atoms with Gasteiger partial charge in [0.25, 0.3) is 5.91 Å². The van der Waals surface area contributed by atoms with Crippen LogP contribution in [0.2, 0.25) is 0 Å². The van der Waals surface area contributed by atoms with E-state index in [-0.39, 0.29) is 18.3 Å². The number of aromatic amines is 1. The largest absolute Gasteiger partial charge is 0.388 e. The van der Waals surface area contributed by atoms with Crippen molar-refractivity contribution >= 4 is 5.91 Å². The van der Waals surface area contributed by atoms with Gasteiger partial charge in [-0.05, 0) is 0 Å². The number of hydrogen-bond acceptors (Lipinski definition) is 5. The third kappa shape index (κ3) is 2.56. The van der Waals surface area contributed by atoms with Gasteiger partial charge in [-0.25, -0.2) is 4.98 Å². The molecule has 16 heavy (non-hydrogen) atoms. The van der Waals surface area contributed by atoms with Gasteiger partial charge in [-0.3, -0.25) is 9.89 Å². The molecule has 7 heteroatoms. The second kappa shape index (κ2) is 4.58. The zero-order chi connectivity index (χ0) is 11.4. The highest BCUT2D eigenvalue weighted by Crippen LogP contribution is 2.19. The lowest BCUT2D eigenvalue weighted by molar-refractivity contribution is -0.0605. The molecule has 2 heterocycles. The fourth-order valence-corrected chi connectivity index (χ4v) is 1.57. The molecule has 7 nitrogen and oxygen atoms in total. The zero-order valence-electron chi connectivity index (χ0n) is 8.77. The summed E-state index contributed by atoms with van der Waals surface area (Å²) in [5.41, 5.74) is -0.867. The van der Waals surface area contributed by atoms with Crippen LogP contribution in [0.15, 0.2) is 6.33 Å². The summed E-state index contributed by atoms with van der Waals surface area (Å²) in [6.07, 6.45) is 2.32. The van der Waals surface area contributed by atoms with Crippen LogP contribution in [0.4, 0.5) is 0 Å². The summed E-state index contributed by atoms with van der Waals surface area (Å²) in [6.45, 7) is 1.25. The van der Waals surface area contributed by atoms with Crippen LogP contribution in [0.3, 0.4) is 0 Å². The quantitative estimate of drug-likeness (QED) is 0.618. The SMILES string of the molecule is O=C(NCC1(O)CCOCC1)c1ncn[nH]1. The number of aromatic nitrogens is 3. The number of carbonyl (C=O) groups excluding carboxylic acids is 1. The van der Waals surface area contributed by atoms with Gasteiger partial charge >= 0.3 is 0 Å². The average Bonchev–Trinajstić information content (AvgIpc) is 2.80. The van der Waals surface area contributed by atoms with Crippen molar-refractivity contribution in [2.75, 3.05) is 19.8 Å². The molecule has 1 aliphatic heterocycles. The smallest absolute Gasteiger partial charge is 0.288 e. The van der Waals surface area contributed by atoms with Gasteiger partial charge < -0.3 is 15.2 Å². The Bertz CT molecular complexity index is 346. The molecule has 0 unspecified atom stereocenters. The summed E-state index contributed by atoms with van der Waals surface area (Å²) in [4.78, 5) is 15.2. The number of rotatable bonds is 3. The Hall–Kier alpha value is -1.47. The first kappa shape index (κ1) is 11.0. The van der Waals surface area contributed by atoms with Crippen molar-refractivity contribution in [2.24, 2.45) is 0 Å². The Morgan fingerprint density at radius 3 is 3.00 bits per heavy atom. The number of ether oxygens (including phenoxy) is 1. The zero-order valence-corrected chi connectivity index (χ0v) is 8.77. The van der Waals surface area contributed by atoms with Crippen LogP contribution in [-0.4, -0.2) is 51.6 Å². The minimum Gasteiger partial charge on any atom is -0.388 e. The fraction of sp³-hybridized carbons (Fsp3) is 0.667. The summed E-state index contributed by atoms with van der Waals surface area (Å²) in [5, 5.41) is 18.7. The van der Waals surface area contributed by atoms with Gasteiger partial charge in [0.1, 0.15) is 6.33 Å². The molecule has 1 aromatic rings. The van der Waals surface area contributed by atoms with Crippen LogP contribution in [0.1, 0.15) is 23.5 Å². The molecule has 1 saturated heterocycles. The Morgan fingerprint density at radius 1 is 1.62 bits per heavy atom. The molecule has 1 aromatic heterocycles. The minimum absolute atomic E-state index is 0.149. The fourth-order valence-electron chi connectivity index (χ4n) is 1.57. The highest BCUT2D eigenvalue weighted by Gasteiger charge is 2.30. The first-order chi connectivity index (χ1) is 7.70. The molecule has 0 atom stereocenters. The van der Waals surface area contributed by atoms with E-state index in [2.05, 4.69) is 20.5 Å². The van der Waals surface area contributed by atoms with Crippen molar-refractivity contribution < 1.29 is 14.6 Å². The maximum absolute atomic E-state index is 11.5. The summed E-state index contributed by atoms with van der Waals surface area (Å²) in [6, 6.07) is 0. The van der Waals surface area contributed by atoms with Crippen LogP contribution < -0.4 is 5.32 Å². The maximum Gasteiger partial charge on any atom is 0.288 e. The molecular weight excluding hydrogens is 212 g/mol. The molecule has 3 N–H and O–H groups in total. The third-order valence-corrected chi connectivity index (χ3v) is 2.63. The van der Waals surface area contributed by atoms with Crippen LogP contribution in [0.25, 0.3) is 0 Å². The minimum atomic E-state index is -0.867. The van der Waals surface area contributed by atoms with E-state index in [0.717, 1.165) is 0 Å². The Kier molecular flexibility index (Phi) is 3.16. The van der Waals surface area contributed by atoms with Crippen LogP contribution in [0, 0.1) is 0 Å². The molecule has 2 rings (SSSR count). The molecule has 0 aromatic carbocycles. The van der Waals surface area contributed by atoms with Gasteiger partial charge in [-0.2, -0.15) is 5.10 Å². The van der Waals surface area contributed by atoms with E-state index >= 15 is 0 Å². The van der Waals surface area contributed by atoms with Crippen molar-refractivity contribution in [2.45, 2.75) is 18.4 Å². The van der Waals surface area contributed by atoms with Crippen molar-refractivity contribution in [3.05, 3.63) is 12.2 Å². The summed E-state index contributed by atoms with van der Waals surface area (Å²) >= 11 is 0. The molecule has 1 aliphatic rings. The number of nitrogens with zero attached hydrogens (tertiary/aromatic N) is 2. The van der Waals surface area contributed by atoms with Crippen LogP contribution >= 0.6 is 0 Å². The van der Waals surface area contributed by atoms with E-state index in [1.807, 2.05) is 0 Å². The molecule has 0 bridgehead atoms. The number of amides is 1. The molecule has 88 valence electrons. The van der Waals surface area contributed by atoms with Gasteiger partial charge in [0.15, 0.2) is 0 Å². The van der Waals surface area contributed by atoms with E-state index < -0.39 is 5.60 Å². The van der Waals surface area contributed by atoms with Crippen molar-refractivity contribution in [3.8, 4) is 0 Å². The first-order valence-electron chi connectivity index (χ1n) is 5.13. The van der Waals surface area contributed by atoms with E-state index in [9.17, 15) is 9.90 Å². The van der Waals surface area contributed by atoms with Crippen molar-refractivity contribution in [1.82, 2.24) is 20.5 Å². The highest BCUT2D eigenvalue weighted by atomic mass is 16.5. The Morgan fingerprint density at radius 2 is 2.38 bits per heavy atom. The van der Waals surface area contributed by atoms with Crippen molar-refractivity contribution in [3.63, 3.8) is 0 Å². The lowest BCUT2D eigenvalue weighted by atomic mass is 9.94. The van der Waals surface area contributed by atoms with Crippen molar-refractivity contribution in [1.29, 1.82) is 0 Å². The van der Waals surface area contributed by atoms with E-state index in [1.54, 1.807) is 0 Å². The molecule has 1 fully saturated rings. The third-order valence-electron chi connectivity index (χ3n) is 2.63. The van der Waals surface area contributed by atoms with Crippen LogP contribution in [-0.2, 0) is 4.74 Å². The second-order valence-electron chi connectivity index (χ2n) is 3.85. The van der Waals surface area contributed by atoms with Gasteiger partial charge in [0.05, 0.1) is 5.60 Å². The van der Waals surface area contributed by atoms with E-state index in [4.69, 9.17) is 4.74 Å². The Balaban J connectivity index is 1.84. The number of carbonyl (C=O) groups is 1. The molecule has 0 saturated carbocycles. The van der Waals surface area contributed by atoms with Gasteiger partial charge in [-0.1, -0.05) is 0 Å². The lowest BCUT2D eigenvalue weighted by Crippen LogP contribution is -2.46. The predicted molar refractivity (Wildman–Crippen MR) is 53.7 cm³/mol. The average molecular weight is 226 g/mol. The first-order valence-corrected chi connectivity index (χ1v) is 5.13. The molecule has 1 amide bonds. The van der Waals surface area contributed by atoms with Gasteiger partial charge in [0.2, 0.25) is 5.82 Å². The molecule has 0 spiro atoms. The number of hydrogen-bond donors (Lipinski definition) is 3. The monoisotopic (exact) mass is 226 g/mol. The standard InChI is InChI=1S/C9H14N4O3/c14-8(7-11-6-12-13-7)10-5-9(15)1-3-16-4-2-9/h6,15H,1-5H2,(H,10,14)(H,11,12,13). The maximum atomic E-state index is 11.5. The normalized spacial score (nSPS) is 19.3. The number of H-pyrrole nitrogens is 1. The summed E-state index contributed by atoms with van der Waals surface area (Å²) in [5.74, 6) is -0.215. The Labute approximate surface area is 92.2 Å². The van der Waals surface area contributed by atoms with E-state index in [1.165, 1.54) is 6.33 Å². The van der Waals surface area contributed by atoms with Crippen LogP contribution in [0.5, 0.6) is 0 Å². The van der Waals surface area contributed by atoms with Gasteiger partial charge in [-0.15, -0.1) is 0 Å². The summed E-state index contributed by atoms with van der Waals surface area (Å²) < 4.78 is 5.14. The van der Waals surface area contributed by atoms with E-state index in [0.29, 0.717) is 26.1 Å². The topological polar surface area (TPSA) is 100 Å². The highest BCUT2D eigenvalue weighted by molar-refractivity contribution is 5.90. The number of aliphatic hydroxyl groups is 1. The summed E-state index contributed by atoms with van der Waals surface area (Å²) in [7, 11) is 0. The van der Waals surface area contributed by atoms with Gasteiger partial charge in [0, 0.05) is 32.6 Å². The number of nitrogens with one attached hydrogen (secondary N) is 2. The second-order valence-corrected chi connectivity index (χ2v) is 3.85. The lowest BCUT2D eigenvalue weighted by Gasteiger charge is -2.31. The molecule has 0 radical (unpaired) electrons. The molecule has 0 aliphatic carbocycles. The molecular formula is C9H14N4O3. The predicted octanol–water partition coefficient (Wildman–Crippen LogP) is -0.924.